The zero-order valence-corrected chi connectivity index (χ0v) is 17.7. The lowest BCUT2D eigenvalue weighted by Crippen LogP contribution is -2.20. The van der Waals surface area contributed by atoms with E-state index in [1.807, 2.05) is 48.5 Å². The van der Waals surface area contributed by atoms with E-state index in [4.69, 9.17) is 9.47 Å². The molecular formula is C27H22N2O4. The van der Waals surface area contributed by atoms with E-state index in [1.165, 1.54) is 0 Å². The Hall–Kier alpha value is -4.58. The second-order valence-electron chi connectivity index (χ2n) is 7.10. The Bertz CT molecular complexity index is 1230. The van der Waals surface area contributed by atoms with Crippen LogP contribution in [-0.2, 0) is 4.79 Å². The van der Waals surface area contributed by atoms with Crippen molar-refractivity contribution in [3.05, 3.63) is 115 Å². The summed E-state index contributed by atoms with van der Waals surface area (Å²) in [4.78, 5) is 24.8. The Labute approximate surface area is 191 Å². The van der Waals surface area contributed by atoms with Crippen LogP contribution in [0.25, 0.3) is 0 Å². The molecule has 4 rings (SSSR count). The first kappa shape index (κ1) is 21.6. The zero-order valence-electron chi connectivity index (χ0n) is 17.7. The smallest absolute Gasteiger partial charge is 0.262 e. The molecule has 164 valence electrons. The van der Waals surface area contributed by atoms with Crippen LogP contribution in [0.4, 0.5) is 11.4 Å². The molecule has 33 heavy (non-hydrogen) atoms. The molecule has 0 aromatic heterocycles. The van der Waals surface area contributed by atoms with Crippen molar-refractivity contribution in [3.8, 4) is 17.2 Å². The number of carbonyl (C=O) groups excluding carboxylic acids is 2. The number of anilines is 2. The first-order valence-electron chi connectivity index (χ1n) is 10.4. The molecule has 0 bridgehead atoms. The van der Waals surface area contributed by atoms with Crippen LogP contribution in [0.2, 0.25) is 0 Å². The SMILES string of the molecule is O=C(COc1cccc(NC(=O)c2ccccc2)c1)Nc1ccccc1Oc1ccccc1. The molecule has 0 heterocycles. The van der Waals surface area contributed by atoms with Crippen molar-refractivity contribution < 1.29 is 19.1 Å². The normalized spacial score (nSPS) is 10.2. The Morgan fingerprint density at radius 3 is 2.12 bits per heavy atom. The summed E-state index contributed by atoms with van der Waals surface area (Å²) in [6.45, 7) is -0.199. The molecule has 0 radical (unpaired) electrons. The Morgan fingerprint density at radius 2 is 1.33 bits per heavy atom. The van der Waals surface area contributed by atoms with Crippen molar-refractivity contribution in [1.29, 1.82) is 0 Å². The van der Waals surface area contributed by atoms with Gasteiger partial charge in [-0.1, -0.05) is 54.6 Å². The van der Waals surface area contributed by atoms with Crippen LogP contribution >= 0.6 is 0 Å². The molecule has 4 aromatic rings. The lowest BCUT2D eigenvalue weighted by atomic mass is 10.2. The Kier molecular flexibility index (Phi) is 6.98. The summed E-state index contributed by atoms with van der Waals surface area (Å²) in [7, 11) is 0. The molecule has 0 spiro atoms. The zero-order chi connectivity index (χ0) is 22.9. The number of hydrogen-bond acceptors (Lipinski definition) is 4. The number of hydrogen-bond donors (Lipinski definition) is 2. The molecule has 2 N–H and O–H groups in total. The van der Waals surface area contributed by atoms with Gasteiger partial charge in [0.25, 0.3) is 11.8 Å². The minimum atomic E-state index is -0.335. The van der Waals surface area contributed by atoms with Crippen LogP contribution in [0.15, 0.2) is 109 Å². The molecule has 6 heteroatoms. The fourth-order valence-electron chi connectivity index (χ4n) is 3.07. The second-order valence-corrected chi connectivity index (χ2v) is 7.10. The standard InChI is InChI=1S/C27H22N2O4/c30-26(29-24-16-7-8-17-25(24)33-22-13-5-2-6-14-22)19-32-23-15-9-12-21(18-23)28-27(31)20-10-3-1-4-11-20/h1-18H,19H2,(H,28,31)(H,29,30). The van der Waals surface area contributed by atoms with E-state index < -0.39 is 0 Å². The van der Waals surface area contributed by atoms with Gasteiger partial charge in [-0.15, -0.1) is 0 Å². The summed E-state index contributed by atoms with van der Waals surface area (Å²) in [5.41, 5.74) is 1.67. The van der Waals surface area contributed by atoms with Gasteiger partial charge in [0, 0.05) is 17.3 Å². The highest BCUT2D eigenvalue weighted by Gasteiger charge is 2.10. The summed E-state index contributed by atoms with van der Waals surface area (Å²) < 4.78 is 11.5. The first-order chi connectivity index (χ1) is 16.2. The monoisotopic (exact) mass is 438 g/mol. The summed E-state index contributed by atoms with van der Waals surface area (Å²) in [5, 5.41) is 5.63. The second kappa shape index (κ2) is 10.6. The maximum Gasteiger partial charge on any atom is 0.262 e. The number of nitrogens with one attached hydrogen (secondary N) is 2. The van der Waals surface area contributed by atoms with E-state index in [2.05, 4.69) is 10.6 Å². The fraction of sp³-hybridized carbons (Fsp3) is 0.0370. The molecule has 4 aromatic carbocycles. The van der Waals surface area contributed by atoms with Crippen LogP contribution in [-0.4, -0.2) is 18.4 Å². The molecule has 0 aliphatic rings. The minimum absolute atomic E-state index is 0.199. The maximum atomic E-state index is 12.5. The van der Waals surface area contributed by atoms with Crippen LogP contribution in [0.3, 0.4) is 0 Å². The van der Waals surface area contributed by atoms with Crippen LogP contribution < -0.4 is 20.1 Å². The number of ether oxygens (including phenoxy) is 2. The van der Waals surface area contributed by atoms with Gasteiger partial charge in [0.15, 0.2) is 12.4 Å². The minimum Gasteiger partial charge on any atom is -0.484 e. The summed E-state index contributed by atoms with van der Waals surface area (Å²) >= 11 is 0. The van der Waals surface area contributed by atoms with Crippen molar-refractivity contribution in [2.24, 2.45) is 0 Å². The molecule has 0 saturated carbocycles. The largest absolute Gasteiger partial charge is 0.484 e. The third kappa shape index (κ3) is 6.21. The van der Waals surface area contributed by atoms with Crippen molar-refractivity contribution in [2.45, 2.75) is 0 Å². The fourth-order valence-corrected chi connectivity index (χ4v) is 3.07. The van der Waals surface area contributed by atoms with Gasteiger partial charge in [0.05, 0.1) is 5.69 Å². The maximum absolute atomic E-state index is 12.5. The highest BCUT2D eigenvalue weighted by Crippen LogP contribution is 2.29. The van der Waals surface area contributed by atoms with Crippen molar-refractivity contribution in [1.82, 2.24) is 0 Å². The van der Waals surface area contributed by atoms with Crippen molar-refractivity contribution in [2.75, 3.05) is 17.2 Å². The third-order valence-corrected chi connectivity index (χ3v) is 4.63. The van der Waals surface area contributed by atoms with Gasteiger partial charge in [-0.25, -0.2) is 0 Å². The Morgan fingerprint density at radius 1 is 0.667 bits per heavy atom. The third-order valence-electron chi connectivity index (χ3n) is 4.63. The van der Waals surface area contributed by atoms with Crippen molar-refractivity contribution in [3.63, 3.8) is 0 Å². The lowest BCUT2D eigenvalue weighted by Gasteiger charge is -2.13. The van der Waals surface area contributed by atoms with Gasteiger partial charge in [-0.3, -0.25) is 9.59 Å². The molecule has 0 unspecified atom stereocenters. The molecule has 0 fully saturated rings. The topological polar surface area (TPSA) is 76.7 Å². The van der Waals surface area contributed by atoms with Crippen LogP contribution in [0.5, 0.6) is 17.2 Å². The van der Waals surface area contributed by atoms with Crippen LogP contribution in [0.1, 0.15) is 10.4 Å². The number of para-hydroxylation sites is 3. The van der Waals surface area contributed by atoms with E-state index in [0.29, 0.717) is 34.2 Å². The van der Waals surface area contributed by atoms with Gasteiger partial charge in [0.1, 0.15) is 11.5 Å². The number of benzene rings is 4. The number of amides is 2. The number of carbonyl (C=O) groups is 2. The number of rotatable bonds is 8. The molecule has 0 aliphatic carbocycles. The average Bonchev–Trinajstić information content (AvgIpc) is 2.85. The molecule has 0 saturated heterocycles. The highest BCUT2D eigenvalue weighted by molar-refractivity contribution is 6.04. The summed E-state index contributed by atoms with van der Waals surface area (Å²) in [6.07, 6.45) is 0. The predicted octanol–water partition coefficient (Wildman–Crippen LogP) is 5.75. The molecule has 0 aliphatic heterocycles. The van der Waals surface area contributed by atoms with Gasteiger partial charge in [0.2, 0.25) is 0 Å². The molecule has 0 atom stereocenters. The van der Waals surface area contributed by atoms with E-state index in [0.717, 1.165) is 0 Å². The van der Waals surface area contributed by atoms with E-state index in [-0.39, 0.29) is 18.4 Å². The molecular weight excluding hydrogens is 416 g/mol. The van der Waals surface area contributed by atoms with Gasteiger partial charge < -0.3 is 20.1 Å². The highest BCUT2D eigenvalue weighted by atomic mass is 16.5. The summed E-state index contributed by atoms with van der Waals surface area (Å²) in [5.74, 6) is 1.11. The first-order valence-corrected chi connectivity index (χ1v) is 10.4. The lowest BCUT2D eigenvalue weighted by molar-refractivity contribution is -0.118. The summed E-state index contributed by atoms with van der Waals surface area (Å²) in [6, 6.07) is 32.3. The van der Waals surface area contributed by atoms with Gasteiger partial charge >= 0.3 is 0 Å². The Balaban J connectivity index is 1.34. The van der Waals surface area contributed by atoms with Gasteiger partial charge in [-0.2, -0.15) is 0 Å². The molecule has 2 amide bonds. The molecule has 6 nitrogen and oxygen atoms in total. The van der Waals surface area contributed by atoms with Crippen molar-refractivity contribution >= 4 is 23.2 Å². The van der Waals surface area contributed by atoms with Crippen LogP contribution in [0, 0.1) is 0 Å². The average molecular weight is 438 g/mol. The predicted molar refractivity (Wildman–Crippen MR) is 128 cm³/mol. The van der Waals surface area contributed by atoms with Gasteiger partial charge in [-0.05, 0) is 48.5 Å². The van der Waals surface area contributed by atoms with E-state index >= 15 is 0 Å². The van der Waals surface area contributed by atoms with E-state index in [9.17, 15) is 9.59 Å². The van der Waals surface area contributed by atoms with E-state index in [1.54, 1.807) is 60.7 Å². The quantitative estimate of drug-likeness (QED) is 0.367.